The zero-order chi connectivity index (χ0) is 18.0. The van der Waals surface area contributed by atoms with Gasteiger partial charge in [-0.25, -0.2) is 8.78 Å². The van der Waals surface area contributed by atoms with Gasteiger partial charge >= 0.3 is 0 Å². The summed E-state index contributed by atoms with van der Waals surface area (Å²) in [6, 6.07) is 4.05. The number of halogens is 2. The van der Waals surface area contributed by atoms with Gasteiger partial charge in [0, 0.05) is 32.2 Å². The summed E-state index contributed by atoms with van der Waals surface area (Å²) in [6.45, 7) is 2.15. The monoisotopic (exact) mass is 351 g/mol. The molecule has 0 unspecified atom stereocenters. The molecule has 1 atom stereocenters. The molecule has 2 saturated heterocycles. The first-order valence-electron chi connectivity index (χ1n) is 8.60. The van der Waals surface area contributed by atoms with Crippen molar-refractivity contribution in [3.63, 3.8) is 0 Å². The van der Waals surface area contributed by atoms with E-state index in [-0.39, 0.29) is 30.5 Å². The molecule has 136 valence electrons. The molecule has 2 aliphatic rings. The Balaban J connectivity index is 1.71. The molecule has 0 aliphatic carbocycles. The van der Waals surface area contributed by atoms with E-state index in [1.165, 1.54) is 12.1 Å². The van der Waals surface area contributed by atoms with Gasteiger partial charge < -0.3 is 10.2 Å². The number of likely N-dealkylation sites (tertiary alicyclic amines) is 2. The first-order chi connectivity index (χ1) is 11.9. The van der Waals surface area contributed by atoms with Gasteiger partial charge in [-0.2, -0.15) is 0 Å². The summed E-state index contributed by atoms with van der Waals surface area (Å²) in [5, 5.41) is 2.59. The second-order valence-electron chi connectivity index (χ2n) is 6.96. The van der Waals surface area contributed by atoms with Gasteiger partial charge in [-0.05, 0) is 31.9 Å². The van der Waals surface area contributed by atoms with Gasteiger partial charge in [0.05, 0.1) is 12.0 Å². The molecule has 2 fully saturated rings. The minimum absolute atomic E-state index is 0.0122. The molecule has 0 radical (unpaired) electrons. The highest BCUT2D eigenvalue weighted by Crippen LogP contribution is 2.40. The molecule has 25 heavy (non-hydrogen) atoms. The average Bonchev–Trinajstić information content (AvgIpc) is 2.99. The van der Waals surface area contributed by atoms with Gasteiger partial charge in [-0.15, -0.1) is 0 Å². The summed E-state index contributed by atoms with van der Waals surface area (Å²) in [5.41, 5.74) is -0.304. The van der Waals surface area contributed by atoms with Gasteiger partial charge in [0.2, 0.25) is 11.8 Å². The molecule has 5 nitrogen and oxygen atoms in total. The Bertz CT molecular complexity index is 682. The summed E-state index contributed by atoms with van der Waals surface area (Å²) in [6.07, 6.45) is 2.31. The lowest BCUT2D eigenvalue weighted by molar-refractivity contribution is -0.146. The Labute approximate surface area is 146 Å². The van der Waals surface area contributed by atoms with Crippen LogP contribution >= 0.6 is 0 Å². The van der Waals surface area contributed by atoms with Crippen LogP contribution in [-0.4, -0.2) is 54.8 Å². The van der Waals surface area contributed by atoms with E-state index in [4.69, 9.17) is 0 Å². The maximum Gasteiger partial charge on any atom is 0.233 e. The number of benzene rings is 1. The van der Waals surface area contributed by atoms with Crippen LogP contribution in [0.2, 0.25) is 0 Å². The summed E-state index contributed by atoms with van der Waals surface area (Å²) in [7, 11) is 1.59. The summed E-state index contributed by atoms with van der Waals surface area (Å²) in [5.74, 6) is -1.86. The summed E-state index contributed by atoms with van der Waals surface area (Å²) in [4.78, 5) is 28.2. The first-order valence-corrected chi connectivity index (χ1v) is 8.60. The Morgan fingerprint density at radius 1 is 1.28 bits per heavy atom. The predicted molar refractivity (Wildman–Crippen MR) is 88.6 cm³/mol. The minimum atomic E-state index is -0.894. The Morgan fingerprint density at radius 2 is 2.08 bits per heavy atom. The van der Waals surface area contributed by atoms with Crippen LogP contribution in [0.3, 0.4) is 0 Å². The third kappa shape index (κ3) is 3.51. The van der Waals surface area contributed by atoms with Crippen molar-refractivity contribution in [1.82, 2.24) is 15.1 Å². The van der Waals surface area contributed by atoms with Crippen LogP contribution in [-0.2, 0) is 16.1 Å². The minimum Gasteiger partial charge on any atom is -0.358 e. The number of piperidine rings is 1. The highest BCUT2D eigenvalue weighted by Gasteiger charge is 2.48. The van der Waals surface area contributed by atoms with E-state index in [0.29, 0.717) is 26.1 Å². The molecule has 1 spiro atoms. The van der Waals surface area contributed by atoms with Crippen molar-refractivity contribution in [3.05, 3.63) is 35.4 Å². The number of likely N-dealkylation sites (N-methyl/N-ethyl adjacent to an activating group) is 1. The zero-order valence-electron chi connectivity index (χ0n) is 14.4. The number of rotatable bonds is 4. The Kier molecular flexibility index (Phi) is 5.03. The number of hydrogen-bond acceptors (Lipinski definition) is 3. The van der Waals surface area contributed by atoms with Gasteiger partial charge in [0.1, 0.15) is 0 Å². The topological polar surface area (TPSA) is 52.7 Å². The normalized spacial score (nSPS) is 24.1. The lowest BCUT2D eigenvalue weighted by Crippen LogP contribution is -2.50. The molecule has 0 saturated carbocycles. The molecule has 1 aromatic carbocycles. The van der Waals surface area contributed by atoms with Crippen molar-refractivity contribution in [3.8, 4) is 0 Å². The van der Waals surface area contributed by atoms with Crippen LogP contribution in [0, 0.1) is 17.0 Å². The molecule has 1 N–H and O–H groups in total. The van der Waals surface area contributed by atoms with Crippen LogP contribution in [0.4, 0.5) is 8.78 Å². The number of amides is 2. The van der Waals surface area contributed by atoms with Crippen LogP contribution in [0.25, 0.3) is 0 Å². The second kappa shape index (κ2) is 7.07. The molecule has 0 aromatic heterocycles. The van der Waals surface area contributed by atoms with Gasteiger partial charge in [0.25, 0.3) is 0 Å². The molecular formula is C18H23F2N3O2. The standard InChI is InChI=1S/C18H23F2N3O2/c1-21-15(24)11-22-9-7-18(12-22)6-3-8-23(17(18)25)10-13-4-2-5-14(19)16(13)20/h2,4-5H,3,6-12H2,1H3,(H,21,24)/t18-/m0/s1. The lowest BCUT2D eigenvalue weighted by Gasteiger charge is -2.39. The number of nitrogens with zero attached hydrogens (tertiary/aromatic N) is 2. The van der Waals surface area contributed by atoms with Crippen molar-refractivity contribution in [2.24, 2.45) is 5.41 Å². The largest absolute Gasteiger partial charge is 0.358 e. The van der Waals surface area contributed by atoms with Crippen molar-refractivity contribution >= 4 is 11.8 Å². The summed E-state index contributed by atoms with van der Waals surface area (Å²) < 4.78 is 27.3. The van der Waals surface area contributed by atoms with E-state index in [2.05, 4.69) is 5.32 Å². The smallest absolute Gasteiger partial charge is 0.233 e. The fraction of sp³-hybridized carbons (Fsp3) is 0.556. The molecule has 2 aliphatic heterocycles. The van der Waals surface area contributed by atoms with Crippen LogP contribution in [0.15, 0.2) is 18.2 Å². The first kappa shape index (κ1) is 17.8. The van der Waals surface area contributed by atoms with Crippen molar-refractivity contribution < 1.29 is 18.4 Å². The molecule has 0 bridgehead atoms. The molecule has 2 amide bonds. The van der Waals surface area contributed by atoms with Crippen LogP contribution in [0.1, 0.15) is 24.8 Å². The molecular weight excluding hydrogens is 328 g/mol. The van der Waals surface area contributed by atoms with Gasteiger partial charge in [-0.3, -0.25) is 14.5 Å². The average molecular weight is 351 g/mol. The fourth-order valence-corrected chi connectivity index (χ4v) is 3.93. The molecule has 2 heterocycles. The number of nitrogens with one attached hydrogen (secondary N) is 1. The second-order valence-corrected chi connectivity index (χ2v) is 6.96. The van der Waals surface area contributed by atoms with Gasteiger partial charge in [0.15, 0.2) is 11.6 Å². The van der Waals surface area contributed by atoms with E-state index in [0.717, 1.165) is 18.9 Å². The number of hydrogen-bond donors (Lipinski definition) is 1. The SMILES string of the molecule is CNC(=O)CN1CC[C@@]2(CCCN(Cc3cccc(F)c3F)C2=O)C1. The Morgan fingerprint density at radius 3 is 2.84 bits per heavy atom. The van der Waals surface area contributed by atoms with Gasteiger partial charge in [-0.1, -0.05) is 12.1 Å². The maximum atomic E-state index is 13.9. The maximum absolute atomic E-state index is 13.9. The van der Waals surface area contributed by atoms with E-state index in [1.807, 2.05) is 4.90 Å². The molecule has 3 rings (SSSR count). The highest BCUT2D eigenvalue weighted by molar-refractivity contribution is 5.84. The molecule has 7 heteroatoms. The van der Waals surface area contributed by atoms with Crippen molar-refractivity contribution in [2.45, 2.75) is 25.8 Å². The van der Waals surface area contributed by atoms with E-state index < -0.39 is 17.0 Å². The zero-order valence-corrected chi connectivity index (χ0v) is 14.4. The predicted octanol–water partition coefficient (Wildman–Crippen LogP) is 1.53. The third-order valence-corrected chi connectivity index (χ3v) is 5.30. The lowest BCUT2D eigenvalue weighted by atomic mass is 9.78. The number of carbonyl (C=O) groups is 2. The van der Waals surface area contributed by atoms with Crippen molar-refractivity contribution in [1.29, 1.82) is 0 Å². The molecule has 1 aromatic rings. The third-order valence-electron chi connectivity index (χ3n) is 5.30. The van der Waals surface area contributed by atoms with Crippen LogP contribution in [0.5, 0.6) is 0 Å². The number of carbonyl (C=O) groups excluding carboxylic acids is 2. The van der Waals surface area contributed by atoms with E-state index >= 15 is 0 Å². The quantitative estimate of drug-likeness (QED) is 0.895. The summed E-state index contributed by atoms with van der Waals surface area (Å²) >= 11 is 0. The highest BCUT2D eigenvalue weighted by atomic mass is 19.2. The van der Waals surface area contributed by atoms with E-state index in [1.54, 1.807) is 11.9 Å². The Hall–Kier alpha value is -2.02. The van der Waals surface area contributed by atoms with E-state index in [9.17, 15) is 18.4 Å². The van der Waals surface area contributed by atoms with Crippen molar-refractivity contribution in [2.75, 3.05) is 33.2 Å². The fourth-order valence-electron chi connectivity index (χ4n) is 3.93. The van der Waals surface area contributed by atoms with Crippen LogP contribution < -0.4 is 5.32 Å².